The molecule has 3 aromatic rings. The number of para-hydroxylation sites is 1. The third-order valence-electron chi connectivity index (χ3n) is 6.39. The van der Waals surface area contributed by atoms with Crippen LogP contribution in [0.1, 0.15) is 40.3 Å². The Hall–Kier alpha value is -2.59. The molecular formula is C25H32N4O4S. The normalized spacial score (nSPS) is 19.3. The summed E-state index contributed by atoms with van der Waals surface area (Å²) in [5.41, 5.74) is 3.55. The number of nitrogens with zero attached hydrogens (tertiary/aromatic N) is 1. The van der Waals surface area contributed by atoms with E-state index in [1.807, 2.05) is 64.4 Å². The van der Waals surface area contributed by atoms with Crippen molar-refractivity contribution in [3.05, 3.63) is 63.2 Å². The zero-order valence-corrected chi connectivity index (χ0v) is 21.0. The molecule has 3 N–H and O–H groups in total. The van der Waals surface area contributed by atoms with Crippen LogP contribution in [0.25, 0.3) is 10.9 Å². The average molecular weight is 485 g/mol. The fourth-order valence-electron chi connectivity index (χ4n) is 4.58. The van der Waals surface area contributed by atoms with E-state index in [9.17, 15) is 9.59 Å². The molecule has 1 aliphatic heterocycles. The molecule has 1 saturated heterocycles. The van der Waals surface area contributed by atoms with Gasteiger partial charge in [-0.25, -0.2) is 0 Å². The number of likely N-dealkylation sites (N-methyl/N-ethyl adjacent to an activating group) is 1. The third-order valence-corrected chi connectivity index (χ3v) is 7.20. The molecule has 1 atom stereocenters. The molecule has 0 spiro atoms. The number of aromatic amines is 1. The fraction of sp³-hybridized carbons (Fsp3) is 0.440. The molecule has 0 radical (unpaired) electrons. The van der Waals surface area contributed by atoms with Crippen LogP contribution in [0.15, 0.2) is 40.0 Å². The Bertz CT molecular complexity index is 1240. The number of hydrogen-bond donors (Lipinski definition) is 3. The van der Waals surface area contributed by atoms with Crippen LogP contribution in [0, 0.1) is 13.8 Å². The minimum atomic E-state index is -0.412. The van der Waals surface area contributed by atoms with Gasteiger partial charge in [0.1, 0.15) is 0 Å². The van der Waals surface area contributed by atoms with Crippen LogP contribution >= 0.6 is 11.8 Å². The molecule has 34 heavy (non-hydrogen) atoms. The first-order chi connectivity index (χ1) is 16.3. The molecular weight excluding hydrogens is 452 g/mol. The Balaban J connectivity index is 1.63. The van der Waals surface area contributed by atoms with Crippen molar-refractivity contribution in [3.8, 4) is 0 Å². The Labute approximate surface area is 203 Å². The number of carbonyl (C=O) groups excluding carboxylic acids is 1. The Morgan fingerprint density at radius 3 is 2.65 bits per heavy atom. The van der Waals surface area contributed by atoms with Gasteiger partial charge in [0.05, 0.1) is 30.9 Å². The van der Waals surface area contributed by atoms with Crippen LogP contribution in [0.4, 0.5) is 0 Å². The van der Waals surface area contributed by atoms with Gasteiger partial charge in [-0.3, -0.25) is 9.59 Å². The largest absolute Gasteiger partial charge is 0.349 e. The van der Waals surface area contributed by atoms with Gasteiger partial charge >= 0.3 is 0 Å². The number of carbonyl (C=O) groups is 1. The fourth-order valence-corrected chi connectivity index (χ4v) is 5.29. The summed E-state index contributed by atoms with van der Waals surface area (Å²) in [7, 11) is 1.89. The molecule has 0 aliphatic carbocycles. The highest BCUT2D eigenvalue weighted by Crippen LogP contribution is 2.32. The second-order valence-corrected chi connectivity index (χ2v) is 9.47. The molecule has 1 aliphatic rings. The predicted octanol–water partition coefficient (Wildman–Crippen LogP) is 3.12. The van der Waals surface area contributed by atoms with E-state index < -0.39 is 6.29 Å². The Kier molecular flexibility index (Phi) is 7.47. The van der Waals surface area contributed by atoms with Gasteiger partial charge in [-0.05, 0) is 46.2 Å². The van der Waals surface area contributed by atoms with Gasteiger partial charge in [-0.2, -0.15) is 0 Å². The van der Waals surface area contributed by atoms with Gasteiger partial charge in [0.15, 0.2) is 6.29 Å². The van der Waals surface area contributed by atoms with Crippen molar-refractivity contribution in [1.29, 1.82) is 0 Å². The van der Waals surface area contributed by atoms with Gasteiger partial charge in [0, 0.05) is 39.3 Å². The zero-order valence-electron chi connectivity index (χ0n) is 20.2. The second kappa shape index (κ2) is 10.4. The number of hydrogen-bond acceptors (Lipinski definition) is 6. The number of thioether (sulfide) groups is 1. The molecule has 1 aromatic carbocycles. The molecule has 4 rings (SSSR count). The van der Waals surface area contributed by atoms with Crippen LogP contribution in [0.5, 0.6) is 0 Å². The van der Waals surface area contributed by atoms with Crippen molar-refractivity contribution in [3.63, 3.8) is 0 Å². The highest BCUT2D eigenvalue weighted by Gasteiger charge is 2.30. The predicted molar refractivity (Wildman–Crippen MR) is 135 cm³/mol. The lowest BCUT2D eigenvalue weighted by Crippen LogP contribution is -2.45. The van der Waals surface area contributed by atoms with Gasteiger partial charge in [-0.15, -0.1) is 11.8 Å². The van der Waals surface area contributed by atoms with Crippen molar-refractivity contribution in [2.24, 2.45) is 0 Å². The summed E-state index contributed by atoms with van der Waals surface area (Å²) in [6, 6.07) is 9.81. The van der Waals surface area contributed by atoms with Crippen molar-refractivity contribution in [1.82, 2.24) is 20.2 Å². The molecule has 9 heteroatoms. The maximum Gasteiger partial charge on any atom is 0.254 e. The first-order valence-electron chi connectivity index (χ1n) is 11.4. The summed E-state index contributed by atoms with van der Waals surface area (Å²) in [6.07, 6.45) is 1.51. The van der Waals surface area contributed by atoms with E-state index in [0.29, 0.717) is 24.3 Å². The van der Waals surface area contributed by atoms with E-state index in [-0.39, 0.29) is 30.1 Å². The SMILES string of the molecule is CNC1COC(C(C)n2c(C)c(C(=O)NCc3c(SC)cc(C)[nH]c3=O)c3ccccc32)OC1. The standard InChI is InChI=1S/C25H32N4O4S/c1-14-10-21(34-5)19(23(30)28-14)11-27-24(31)22-15(2)29(20-9-7-6-8-18(20)22)16(3)25-32-12-17(26-4)13-33-25/h6-10,16-17,25-26H,11-13H2,1-5H3,(H,27,31)(H,28,30). The van der Waals surface area contributed by atoms with Gasteiger partial charge in [0.2, 0.25) is 0 Å². The second-order valence-electron chi connectivity index (χ2n) is 8.62. The number of pyridine rings is 1. The maximum atomic E-state index is 13.4. The van der Waals surface area contributed by atoms with Crippen LogP contribution in [0.2, 0.25) is 0 Å². The van der Waals surface area contributed by atoms with Gasteiger partial charge in [0.25, 0.3) is 11.5 Å². The monoisotopic (exact) mass is 484 g/mol. The molecule has 1 unspecified atom stereocenters. The molecule has 0 saturated carbocycles. The van der Waals surface area contributed by atoms with Crippen LogP contribution in [-0.4, -0.2) is 54.3 Å². The summed E-state index contributed by atoms with van der Waals surface area (Å²) in [5.74, 6) is -0.215. The minimum Gasteiger partial charge on any atom is -0.349 e. The first kappa shape index (κ1) is 24.5. The van der Waals surface area contributed by atoms with Crippen LogP contribution in [-0.2, 0) is 16.0 Å². The number of aryl methyl sites for hydroxylation is 1. The lowest BCUT2D eigenvalue weighted by Gasteiger charge is -2.34. The van der Waals surface area contributed by atoms with Crippen LogP contribution in [0.3, 0.4) is 0 Å². The van der Waals surface area contributed by atoms with E-state index in [4.69, 9.17) is 9.47 Å². The van der Waals surface area contributed by atoms with E-state index in [0.717, 1.165) is 27.2 Å². The summed E-state index contributed by atoms with van der Waals surface area (Å²) in [5, 5.41) is 7.00. The topological polar surface area (TPSA) is 97.4 Å². The van der Waals surface area contributed by atoms with Crippen molar-refractivity contribution < 1.29 is 14.3 Å². The lowest BCUT2D eigenvalue weighted by molar-refractivity contribution is -0.207. The summed E-state index contributed by atoms with van der Waals surface area (Å²) in [4.78, 5) is 29.6. The van der Waals surface area contributed by atoms with Crippen molar-refractivity contribution in [2.75, 3.05) is 26.5 Å². The minimum absolute atomic E-state index is 0.132. The number of aromatic nitrogens is 2. The van der Waals surface area contributed by atoms with E-state index in [2.05, 4.69) is 20.2 Å². The smallest absolute Gasteiger partial charge is 0.254 e. The highest BCUT2D eigenvalue weighted by atomic mass is 32.2. The quantitative estimate of drug-likeness (QED) is 0.446. The molecule has 8 nitrogen and oxygen atoms in total. The van der Waals surface area contributed by atoms with Crippen molar-refractivity contribution in [2.45, 2.75) is 50.6 Å². The summed E-state index contributed by atoms with van der Waals surface area (Å²) in [6.45, 7) is 7.12. The molecule has 0 bridgehead atoms. The number of amides is 1. The number of rotatable bonds is 7. The Morgan fingerprint density at radius 1 is 1.26 bits per heavy atom. The number of benzene rings is 1. The molecule has 182 valence electrons. The summed E-state index contributed by atoms with van der Waals surface area (Å²) >= 11 is 1.49. The van der Waals surface area contributed by atoms with E-state index in [1.165, 1.54) is 11.8 Å². The first-order valence-corrected chi connectivity index (χ1v) is 12.6. The Morgan fingerprint density at radius 2 is 1.97 bits per heavy atom. The lowest BCUT2D eigenvalue weighted by atomic mass is 10.1. The average Bonchev–Trinajstić information content (AvgIpc) is 3.14. The molecule has 1 amide bonds. The van der Waals surface area contributed by atoms with E-state index >= 15 is 0 Å². The zero-order chi connectivity index (χ0) is 24.4. The number of nitrogens with one attached hydrogen (secondary N) is 3. The molecule has 1 fully saturated rings. The number of ether oxygens (including phenoxy) is 2. The number of fused-ring (bicyclic) bond motifs is 1. The van der Waals surface area contributed by atoms with Crippen molar-refractivity contribution >= 4 is 28.6 Å². The molecule has 2 aromatic heterocycles. The number of H-pyrrole nitrogens is 1. The highest BCUT2D eigenvalue weighted by molar-refractivity contribution is 7.98. The van der Waals surface area contributed by atoms with Crippen LogP contribution < -0.4 is 16.2 Å². The third kappa shape index (κ3) is 4.65. The van der Waals surface area contributed by atoms with Gasteiger partial charge in [-0.1, -0.05) is 18.2 Å². The summed E-state index contributed by atoms with van der Waals surface area (Å²) < 4.78 is 14.1. The van der Waals surface area contributed by atoms with Gasteiger partial charge < -0.3 is 29.7 Å². The molecule has 3 heterocycles. The maximum absolute atomic E-state index is 13.4. The van der Waals surface area contributed by atoms with E-state index in [1.54, 1.807) is 0 Å².